The maximum Gasteiger partial charge on any atom is 0.458 e. The van der Waals surface area contributed by atoms with Gasteiger partial charge in [0.05, 0.1) is 0 Å². The molecule has 14 heteroatoms. The van der Waals surface area contributed by atoms with Crippen molar-refractivity contribution in [1.29, 1.82) is 0 Å². The summed E-state index contributed by atoms with van der Waals surface area (Å²) in [6, 6.07) is 0. The van der Waals surface area contributed by atoms with E-state index >= 15 is 0 Å². The third-order valence-electron chi connectivity index (χ3n) is 2.01. The summed E-state index contributed by atoms with van der Waals surface area (Å²) < 4.78 is 58.0. The van der Waals surface area contributed by atoms with Crippen LogP contribution in [0.2, 0.25) is 0 Å². The van der Waals surface area contributed by atoms with E-state index in [1.165, 1.54) is 0 Å². The molecule has 0 aromatic rings. The molecule has 0 atom stereocenters. The van der Waals surface area contributed by atoms with E-state index in [-0.39, 0.29) is 0 Å². The van der Waals surface area contributed by atoms with Crippen molar-refractivity contribution >= 4 is 58.0 Å². The Kier molecular flexibility index (Phi) is 4.25. The molecule has 0 N–H and O–H groups in total. The molecule has 0 aliphatic carbocycles. The van der Waals surface area contributed by atoms with E-state index in [2.05, 4.69) is 20.7 Å². The molecule has 0 spiro atoms. The monoisotopic (exact) mass is 386 g/mol. The summed E-state index contributed by atoms with van der Waals surface area (Å²) in [6.07, 6.45) is -6.14. The summed E-state index contributed by atoms with van der Waals surface area (Å²) >= 11 is 26.3. The second-order valence-corrected chi connectivity index (χ2v) is 6.80. The van der Waals surface area contributed by atoms with Crippen molar-refractivity contribution in [3.63, 3.8) is 0 Å². The molecule has 110 valence electrons. The Balaban J connectivity index is 3.54. The fraction of sp³-hybridized carbons (Fsp3) is 1.00. The van der Waals surface area contributed by atoms with E-state index in [0.717, 1.165) is 0 Å². The fourth-order valence-electron chi connectivity index (χ4n) is 1.03. The van der Waals surface area contributed by atoms with E-state index in [1.54, 1.807) is 0 Å². The van der Waals surface area contributed by atoms with Crippen LogP contribution in [0.5, 0.6) is 0 Å². The molecule has 19 heavy (non-hydrogen) atoms. The standard InChI is InChI=1S/C5Cl5F5N4/c6-1(7,4(8,9)10)3(16-18-19-17-3)2(11,12)5(13,14)15. The fourth-order valence-corrected chi connectivity index (χ4v) is 1.82. The van der Waals surface area contributed by atoms with Gasteiger partial charge in [-0.05, 0) is 10.4 Å². The zero-order chi connectivity index (χ0) is 15.3. The highest BCUT2D eigenvalue weighted by molar-refractivity contribution is 6.76. The topological polar surface area (TPSA) is 49.4 Å². The van der Waals surface area contributed by atoms with Gasteiger partial charge in [-0.15, -0.1) is 10.2 Å². The van der Waals surface area contributed by atoms with Gasteiger partial charge in [0.1, 0.15) is 0 Å². The van der Waals surface area contributed by atoms with Crippen LogP contribution in [-0.4, -0.2) is 25.9 Å². The molecule has 4 nitrogen and oxygen atoms in total. The van der Waals surface area contributed by atoms with Crippen LogP contribution in [-0.2, 0) is 0 Å². The first-order valence-electron chi connectivity index (χ1n) is 3.94. The smallest absolute Gasteiger partial charge is 0.191 e. The van der Waals surface area contributed by atoms with Crippen LogP contribution in [0.4, 0.5) is 22.0 Å². The minimum atomic E-state index is -6.14. The maximum atomic E-state index is 13.5. The lowest BCUT2D eigenvalue weighted by Gasteiger charge is -2.41. The van der Waals surface area contributed by atoms with Gasteiger partial charge in [-0.1, -0.05) is 58.0 Å². The Morgan fingerprint density at radius 3 is 1.37 bits per heavy atom. The average Bonchev–Trinajstić information content (AvgIpc) is 2.63. The first-order valence-corrected chi connectivity index (χ1v) is 5.83. The summed E-state index contributed by atoms with van der Waals surface area (Å²) in [5.74, 6) is -5.68. The minimum absolute atomic E-state index is 2.55. The van der Waals surface area contributed by atoms with Crippen molar-refractivity contribution < 1.29 is 22.0 Å². The maximum absolute atomic E-state index is 13.5. The van der Waals surface area contributed by atoms with Gasteiger partial charge in [0.15, 0.2) is 0 Å². The number of rotatable bonds is 2. The van der Waals surface area contributed by atoms with Crippen molar-refractivity contribution in [3.8, 4) is 0 Å². The predicted octanol–water partition coefficient (Wildman–Crippen LogP) is 5.26. The van der Waals surface area contributed by atoms with Crippen LogP contribution in [0.15, 0.2) is 20.7 Å². The highest BCUT2D eigenvalue weighted by atomic mass is 35.6. The molecule has 0 amide bonds. The summed E-state index contributed by atoms with van der Waals surface area (Å²) in [4.78, 5) is 0. The number of hydrogen-bond donors (Lipinski definition) is 0. The van der Waals surface area contributed by atoms with Crippen molar-refractivity contribution in [2.45, 2.75) is 25.9 Å². The molecule has 0 unspecified atom stereocenters. The van der Waals surface area contributed by atoms with Crippen molar-refractivity contribution in [1.82, 2.24) is 0 Å². The Labute approximate surface area is 126 Å². The van der Waals surface area contributed by atoms with E-state index in [9.17, 15) is 22.0 Å². The summed E-state index contributed by atoms with van der Waals surface area (Å²) in [6.45, 7) is 0. The summed E-state index contributed by atoms with van der Waals surface area (Å²) in [5, 5.41) is 10.2. The van der Waals surface area contributed by atoms with Crippen molar-refractivity contribution in [3.05, 3.63) is 0 Å². The molecule has 0 saturated heterocycles. The van der Waals surface area contributed by atoms with E-state index in [1.807, 2.05) is 0 Å². The highest BCUT2D eigenvalue weighted by Gasteiger charge is 2.83. The third kappa shape index (κ3) is 2.37. The lowest BCUT2D eigenvalue weighted by molar-refractivity contribution is -0.307. The van der Waals surface area contributed by atoms with Crippen LogP contribution in [0.3, 0.4) is 0 Å². The summed E-state index contributed by atoms with van der Waals surface area (Å²) in [7, 11) is 0. The Bertz CT molecular complexity index is 387. The van der Waals surface area contributed by atoms with E-state index in [4.69, 9.17) is 58.0 Å². The first kappa shape index (κ1) is 17.4. The Hall–Kier alpha value is 0.300. The third-order valence-corrected chi connectivity index (χ3v) is 4.53. The van der Waals surface area contributed by atoms with Gasteiger partial charge in [-0.2, -0.15) is 22.0 Å². The molecule has 1 heterocycles. The van der Waals surface area contributed by atoms with Crippen molar-refractivity contribution in [2.75, 3.05) is 0 Å². The number of halogens is 10. The van der Waals surface area contributed by atoms with Crippen LogP contribution in [0.25, 0.3) is 0 Å². The van der Waals surface area contributed by atoms with Gasteiger partial charge in [-0.25, -0.2) is 0 Å². The van der Waals surface area contributed by atoms with E-state index in [0.29, 0.717) is 0 Å². The van der Waals surface area contributed by atoms with Crippen LogP contribution in [0.1, 0.15) is 0 Å². The minimum Gasteiger partial charge on any atom is -0.191 e. The van der Waals surface area contributed by atoms with Crippen molar-refractivity contribution in [2.24, 2.45) is 20.7 Å². The second-order valence-electron chi connectivity index (χ2n) is 3.20. The second kappa shape index (κ2) is 4.66. The lowest BCUT2D eigenvalue weighted by atomic mass is 9.98. The van der Waals surface area contributed by atoms with Gasteiger partial charge in [0, 0.05) is 0 Å². The van der Waals surface area contributed by atoms with Gasteiger partial charge in [0.2, 0.25) is 8.13 Å². The molecular formula is C5Cl5F5N4. The predicted molar refractivity (Wildman–Crippen MR) is 58.2 cm³/mol. The molecule has 1 rings (SSSR count). The number of hydrogen-bond acceptors (Lipinski definition) is 4. The lowest BCUT2D eigenvalue weighted by Crippen LogP contribution is -2.66. The highest BCUT2D eigenvalue weighted by Crippen LogP contribution is 2.62. The molecule has 0 radical (unpaired) electrons. The Morgan fingerprint density at radius 2 is 1.11 bits per heavy atom. The van der Waals surface area contributed by atoms with E-state index < -0.39 is 25.9 Å². The van der Waals surface area contributed by atoms with Gasteiger partial charge in [-0.3, -0.25) is 0 Å². The molecule has 0 fully saturated rings. The zero-order valence-electron chi connectivity index (χ0n) is 8.07. The zero-order valence-corrected chi connectivity index (χ0v) is 11.8. The average molecular weight is 388 g/mol. The summed E-state index contributed by atoms with van der Waals surface area (Å²) in [5.41, 5.74) is -3.95. The van der Waals surface area contributed by atoms with Crippen LogP contribution < -0.4 is 0 Å². The molecule has 0 saturated carbocycles. The van der Waals surface area contributed by atoms with Gasteiger partial charge in [0.25, 0.3) is 0 Å². The first-order chi connectivity index (χ1) is 8.21. The quantitative estimate of drug-likeness (QED) is 0.458. The normalized spacial score (nSPS) is 20.1. The molecule has 1 aliphatic rings. The SMILES string of the molecule is FC(F)(F)C(F)(F)C1(C(Cl)(Cl)C(Cl)(Cl)Cl)N=NN=N1. The van der Waals surface area contributed by atoms with Crippen LogP contribution in [0, 0.1) is 0 Å². The molecular weight excluding hydrogens is 388 g/mol. The molecule has 0 aromatic carbocycles. The molecule has 0 bridgehead atoms. The molecule has 1 aliphatic heterocycles. The Morgan fingerprint density at radius 1 is 0.737 bits per heavy atom. The van der Waals surface area contributed by atoms with Crippen LogP contribution >= 0.6 is 58.0 Å². The largest absolute Gasteiger partial charge is 0.458 e. The number of alkyl halides is 10. The molecule has 0 aromatic heterocycles. The van der Waals surface area contributed by atoms with Gasteiger partial charge < -0.3 is 0 Å². The van der Waals surface area contributed by atoms with Gasteiger partial charge >= 0.3 is 17.8 Å². The number of nitrogens with zero attached hydrogens (tertiary/aromatic N) is 4.